The number of imidazole rings is 1. The van der Waals surface area contributed by atoms with Gasteiger partial charge in [0.05, 0.1) is 11.0 Å². The van der Waals surface area contributed by atoms with Crippen molar-refractivity contribution in [2.75, 3.05) is 6.54 Å². The minimum absolute atomic E-state index is 0.724. The second-order valence-corrected chi connectivity index (χ2v) is 3.10. The summed E-state index contributed by atoms with van der Waals surface area (Å²) in [5.74, 6) is 0.967. The number of rotatable bonds is 3. The zero-order valence-electron chi connectivity index (χ0n) is 7.05. The molecule has 1 aromatic carbocycles. The highest BCUT2D eigenvalue weighted by Crippen LogP contribution is 2.09. The lowest BCUT2D eigenvalue weighted by Crippen LogP contribution is -2.05. The van der Waals surface area contributed by atoms with Crippen molar-refractivity contribution in [1.29, 1.82) is 0 Å². The Labute approximate surface area is 81.2 Å². The predicted molar refractivity (Wildman–Crippen MR) is 53.7 cm³/mol. The van der Waals surface area contributed by atoms with Gasteiger partial charge in [0.1, 0.15) is 5.82 Å². The Balaban J connectivity index is 2.28. The zero-order valence-corrected chi connectivity index (χ0v) is 7.80. The van der Waals surface area contributed by atoms with Crippen LogP contribution < -0.4 is 4.84 Å². The zero-order chi connectivity index (χ0) is 9.10. The number of halogens is 1. The van der Waals surface area contributed by atoms with Crippen molar-refractivity contribution in [2.24, 2.45) is 0 Å². The Morgan fingerprint density at radius 1 is 1.38 bits per heavy atom. The van der Waals surface area contributed by atoms with Crippen LogP contribution in [0.15, 0.2) is 24.3 Å². The van der Waals surface area contributed by atoms with Crippen LogP contribution in [0.1, 0.15) is 5.82 Å². The van der Waals surface area contributed by atoms with Gasteiger partial charge in [0, 0.05) is 13.0 Å². The van der Waals surface area contributed by atoms with Crippen molar-refractivity contribution in [3.05, 3.63) is 30.1 Å². The molecule has 1 aromatic heterocycles. The topological polar surface area (TPSA) is 40.7 Å². The summed E-state index contributed by atoms with van der Waals surface area (Å²) >= 11 is 5.36. The van der Waals surface area contributed by atoms with Crippen molar-refractivity contribution in [3.8, 4) is 0 Å². The van der Waals surface area contributed by atoms with Gasteiger partial charge in [0.2, 0.25) is 0 Å². The number of nitrogens with one attached hydrogen (secondary N) is 2. The Morgan fingerprint density at radius 2 is 2.23 bits per heavy atom. The predicted octanol–water partition coefficient (Wildman–Crippen LogP) is 1.85. The van der Waals surface area contributed by atoms with E-state index < -0.39 is 0 Å². The number of aromatic amines is 1. The van der Waals surface area contributed by atoms with Crippen LogP contribution in [0.5, 0.6) is 0 Å². The summed E-state index contributed by atoms with van der Waals surface area (Å²) in [7, 11) is 0. The van der Waals surface area contributed by atoms with Crippen molar-refractivity contribution in [3.63, 3.8) is 0 Å². The summed E-state index contributed by atoms with van der Waals surface area (Å²) in [5.41, 5.74) is 2.08. The molecule has 0 atom stereocenters. The monoisotopic (exact) mass is 195 g/mol. The molecule has 3 nitrogen and oxygen atoms in total. The third-order valence-corrected chi connectivity index (χ3v) is 2.08. The number of nitrogens with zero attached hydrogens (tertiary/aromatic N) is 1. The van der Waals surface area contributed by atoms with Gasteiger partial charge in [0.15, 0.2) is 0 Å². The van der Waals surface area contributed by atoms with Crippen molar-refractivity contribution in [2.45, 2.75) is 6.42 Å². The van der Waals surface area contributed by atoms with E-state index in [0.29, 0.717) is 0 Å². The van der Waals surface area contributed by atoms with Gasteiger partial charge in [-0.2, -0.15) is 0 Å². The van der Waals surface area contributed by atoms with Crippen LogP contribution >= 0.6 is 11.8 Å². The molecular weight excluding hydrogens is 186 g/mol. The first kappa shape index (κ1) is 8.53. The lowest BCUT2D eigenvalue weighted by Gasteiger charge is -1.91. The van der Waals surface area contributed by atoms with Crippen LogP contribution in [-0.2, 0) is 6.42 Å². The second kappa shape index (κ2) is 3.77. The summed E-state index contributed by atoms with van der Waals surface area (Å²) in [5, 5.41) is 0. The molecule has 0 bridgehead atoms. The molecular formula is C9H10ClN3. The van der Waals surface area contributed by atoms with E-state index in [4.69, 9.17) is 11.8 Å². The van der Waals surface area contributed by atoms with E-state index in [1.165, 1.54) is 0 Å². The van der Waals surface area contributed by atoms with E-state index in [-0.39, 0.29) is 0 Å². The minimum Gasteiger partial charge on any atom is -0.342 e. The minimum atomic E-state index is 0.724. The number of aromatic nitrogens is 2. The fourth-order valence-electron chi connectivity index (χ4n) is 1.29. The van der Waals surface area contributed by atoms with Crippen LogP contribution in [-0.4, -0.2) is 16.5 Å². The molecule has 0 aliphatic heterocycles. The molecule has 13 heavy (non-hydrogen) atoms. The lowest BCUT2D eigenvalue weighted by atomic mass is 10.3. The molecule has 68 valence electrons. The van der Waals surface area contributed by atoms with Crippen LogP contribution in [0.3, 0.4) is 0 Å². The van der Waals surface area contributed by atoms with Gasteiger partial charge < -0.3 is 4.98 Å². The number of benzene rings is 1. The maximum atomic E-state index is 5.36. The molecule has 0 amide bonds. The SMILES string of the molecule is ClNCCc1nc2ccccc2[nH]1. The summed E-state index contributed by atoms with van der Waals surface area (Å²) in [6.45, 7) is 0.724. The Hall–Kier alpha value is -1.06. The van der Waals surface area contributed by atoms with Crippen molar-refractivity contribution < 1.29 is 0 Å². The third-order valence-electron chi connectivity index (χ3n) is 1.89. The highest BCUT2D eigenvalue weighted by molar-refractivity contribution is 6.13. The maximum absolute atomic E-state index is 5.36. The molecule has 2 N–H and O–H groups in total. The first-order valence-corrected chi connectivity index (χ1v) is 4.55. The third kappa shape index (κ3) is 1.82. The molecule has 0 aliphatic carbocycles. The van der Waals surface area contributed by atoms with Crippen LogP contribution in [0.4, 0.5) is 0 Å². The lowest BCUT2D eigenvalue weighted by molar-refractivity contribution is 0.851. The van der Waals surface area contributed by atoms with Crippen LogP contribution in [0, 0.1) is 0 Å². The first-order chi connectivity index (χ1) is 6.40. The highest BCUT2D eigenvalue weighted by atomic mass is 35.5. The summed E-state index contributed by atoms with van der Waals surface area (Å²) < 4.78 is 0. The average molecular weight is 196 g/mol. The molecule has 0 saturated heterocycles. The molecule has 0 saturated carbocycles. The molecule has 0 fully saturated rings. The van der Waals surface area contributed by atoms with Gasteiger partial charge >= 0.3 is 0 Å². The normalized spacial score (nSPS) is 10.8. The largest absolute Gasteiger partial charge is 0.342 e. The smallest absolute Gasteiger partial charge is 0.108 e. The van der Waals surface area contributed by atoms with Crippen molar-refractivity contribution in [1.82, 2.24) is 14.8 Å². The molecule has 0 radical (unpaired) electrons. The first-order valence-electron chi connectivity index (χ1n) is 4.17. The van der Waals surface area contributed by atoms with Gasteiger partial charge in [-0.05, 0) is 23.9 Å². The average Bonchev–Trinajstić information content (AvgIpc) is 2.57. The van der Waals surface area contributed by atoms with Crippen LogP contribution in [0.2, 0.25) is 0 Å². The van der Waals surface area contributed by atoms with Gasteiger partial charge in [-0.1, -0.05) is 12.1 Å². The summed E-state index contributed by atoms with van der Waals surface area (Å²) in [6, 6.07) is 7.97. The van der Waals surface area contributed by atoms with E-state index in [0.717, 1.165) is 29.8 Å². The number of hydrogen-bond donors (Lipinski definition) is 2. The fourth-order valence-corrected chi connectivity index (χ4v) is 1.38. The van der Waals surface area contributed by atoms with Gasteiger partial charge in [-0.25, -0.2) is 9.82 Å². The van der Waals surface area contributed by atoms with Crippen LogP contribution in [0.25, 0.3) is 11.0 Å². The molecule has 1 heterocycles. The van der Waals surface area contributed by atoms with E-state index >= 15 is 0 Å². The van der Waals surface area contributed by atoms with E-state index in [9.17, 15) is 0 Å². The molecule has 0 aliphatic rings. The number of para-hydroxylation sites is 2. The van der Waals surface area contributed by atoms with E-state index in [2.05, 4.69) is 14.8 Å². The summed E-state index contributed by atoms with van der Waals surface area (Å²) in [4.78, 5) is 10.2. The Morgan fingerprint density at radius 3 is 3.00 bits per heavy atom. The number of H-pyrrole nitrogens is 1. The number of fused-ring (bicyclic) bond motifs is 1. The van der Waals surface area contributed by atoms with Crippen molar-refractivity contribution >= 4 is 22.8 Å². The molecule has 4 heteroatoms. The van der Waals surface area contributed by atoms with E-state index in [1.54, 1.807) is 0 Å². The Kier molecular flexibility index (Phi) is 2.47. The van der Waals surface area contributed by atoms with Gasteiger partial charge in [-0.15, -0.1) is 0 Å². The standard InChI is InChI=1S/C9H10ClN3/c10-11-6-5-9-12-7-3-1-2-4-8(7)13-9/h1-4,11H,5-6H2,(H,12,13). The molecule has 0 spiro atoms. The quantitative estimate of drug-likeness (QED) is 0.734. The van der Waals surface area contributed by atoms with E-state index in [1.807, 2.05) is 24.3 Å². The Bertz CT molecular complexity index is 363. The second-order valence-electron chi connectivity index (χ2n) is 2.83. The molecule has 2 rings (SSSR count). The molecule has 2 aromatic rings. The summed E-state index contributed by atoms with van der Waals surface area (Å²) in [6.07, 6.45) is 0.818. The maximum Gasteiger partial charge on any atom is 0.108 e. The fraction of sp³-hybridized carbons (Fsp3) is 0.222. The molecule has 0 unspecified atom stereocenters. The number of hydrogen-bond acceptors (Lipinski definition) is 2. The van der Waals surface area contributed by atoms with Gasteiger partial charge in [-0.3, -0.25) is 0 Å². The van der Waals surface area contributed by atoms with Gasteiger partial charge in [0.25, 0.3) is 0 Å². The highest BCUT2D eigenvalue weighted by Gasteiger charge is 1.99.